The lowest BCUT2D eigenvalue weighted by molar-refractivity contribution is -0.118. The fourth-order valence-corrected chi connectivity index (χ4v) is 8.24. The van der Waals surface area contributed by atoms with E-state index in [0.717, 1.165) is 91.1 Å². The molecule has 6 rings (SSSR count). The number of nitrogens with zero attached hydrogens (tertiary/aromatic N) is 3. The van der Waals surface area contributed by atoms with Gasteiger partial charge < -0.3 is 45.6 Å². The number of hydrogen-bond acceptors (Lipinski definition) is 10. The van der Waals surface area contributed by atoms with Crippen LogP contribution < -0.4 is 31.3 Å². The van der Waals surface area contributed by atoms with E-state index in [1.807, 2.05) is 41.2 Å². The fourth-order valence-electron chi connectivity index (χ4n) is 6.96. The van der Waals surface area contributed by atoms with Gasteiger partial charge in [0, 0.05) is 73.4 Å². The summed E-state index contributed by atoms with van der Waals surface area (Å²) in [5.74, 6) is 6.61. The van der Waals surface area contributed by atoms with Gasteiger partial charge in [-0.25, -0.2) is 14.5 Å². The maximum atomic E-state index is 13.1. The van der Waals surface area contributed by atoms with Crippen molar-refractivity contribution in [2.24, 2.45) is 0 Å². The van der Waals surface area contributed by atoms with Crippen LogP contribution in [-0.4, -0.2) is 79.1 Å². The number of fused-ring (bicyclic) bond motifs is 2. The number of aromatic nitrogens is 3. The first-order valence-corrected chi connectivity index (χ1v) is 23.7. The summed E-state index contributed by atoms with van der Waals surface area (Å²) >= 11 is 0. The maximum absolute atomic E-state index is 13.1. The van der Waals surface area contributed by atoms with Crippen molar-refractivity contribution in [1.29, 1.82) is 0 Å². The van der Waals surface area contributed by atoms with Gasteiger partial charge in [0.1, 0.15) is 11.4 Å². The Balaban J connectivity index is 1.01. The number of unbranched alkanes of at least 4 members (excludes halogenated alkanes) is 1. The van der Waals surface area contributed by atoms with Gasteiger partial charge in [-0.2, -0.15) is 5.10 Å². The molecular formula is C44H60N8O6Si. The Labute approximate surface area is 348 Å². The molecule has 1 saturated heterocycles. The number of hydrogen-bond donors (Lipinski definition) is 6. The number of ether oxygens (including phenoxy) is 2. The van der Waals surface area contributed by atoms with Gasteiger partial charge in [0.05, 0.1) is 23.4 Å². The van der Waals surface area contributed by atoms with Crippen molar-refractivity contribution in [3.05, 3.63) is 65.0 Å². The summed E-state index contributed by atoms with van der Waals surface area (Å²) in [5, 5.41) is 32.0. The second-order valence-electron chi connectivity index (χ2n) is 16.6. The van der Waals surface area contributed by atoms with E-state index in [2.05, 4.69) is 91.2 Å². The molecule has 4 aromatic rings. The molecular weight excluding hydrogens is 765 g/mol. The molecule has 2 aliphatic heterocycles. The molecule has 1 fully saturated rings. The Kier molecular flexibility index (Phi) is 14.2. The Morgan fingerprint density at radius 1 is 1.14 bits per heavy atom. The molecule has 59 heavy (non-hydrogen) atoms. The minimum absolute atomic E-state index is 0.0202. The van der Waals surface area contributed by atoms with Gasteiger partial charge in [0.2, 0.25) is 0 Å². The second-order valence-corrected chi connectivity index (χ2v) is 21.3. The van der Waals surface area contributed by atoms with Crippen molar-refractivity contribution in [1.82, 2.24) is 25.4 Å². The van der Waals surface area contributed by atoms with Crippen LogP contribution in [0.1, 0.15) is 88.8 Å². The van der Waals surface area contributed by atoms with Crippen molar-refractivity contribution in [3.63, 3.8) is 0 Å². The van der Waals surface area contributed by atoms with E-state index in [9.17, 15) is 14.7 Å². The van der Waals surface area contributed by atoms with Crippen LogP contribution in [-0.2, 0) is 33.5 Å². The van der Waals surface area contributed by atoms with Crippen LogP contribution in [0.2, 0.25) is 18.1 Å². The average Bonchev–Trinajstić information content (AvgIpc) is 3.63. The fraction of sp³-hybridized carbons (Fsp3) is 0.500. The lowest BCUT2D eigenvalue weighted by Crippen LogP contribution is -2.43. The molecule has 1 unspecified atom stereocenters. The number of carbonyl (C=O) groups excluding carboxylic acids is 2. The number of benzene rings is 2. The van der Waals surface area contributed by atoms with Gasteiger partial charge in [0.15, 0.2) is 26.3 Å². The summed E-state index contributed by atoms with van der Waals surface area (Å²) in [5.41, 5.74) is 6.34. The molecule has 2 aromatic carbocycles. The monoisotopic (exact) mass is 824 g/mol. The Hall–Kier alpha value is -5.14. The summed E-state index contributed by atoms with van der Waals surface area (Å²) in [6.07, 6.45) is 5.59. The number of anilines is 3. The van der Waals surface area contributed by atoms with Crippen LogP contribution in [0.25, 0.3) is 11.0 Å². The van der Waals surface area contributed by atoms with Crippen LogP contribution in [0.15, 0.2) is 42.6 Å². The van der Waals surface area contributed by atoms with Gasteiger partial charge in [0.25, 0.3) is 5.91 Å². The van der Waals surface area contributed by atoms with Gasteiger partial charge in [-0.05, 0) is 93.7 Å². The highest BCUT2D eigenvalue weighted by Gasteiger charge is 2.40. The van der Waals surface area contributed by atoms with Crippen molar-refractivity contribution in [2.45, 2.75) is 110 Å². The Morgan fingerprint density at radius 3 is 2.61 bits per heavy atom. The SMILES string of the molecule is CCc1nc2c(cnn2CC)c(NC2CCOCC2)c1CNC(=O)Nc1ccc(C#CCCCNCC(O[Si](C)(C)C(C)(C)C)c2ccc(O)c3c2OCC(=O)N3)cc1. The Bertz CT molecular complexity index is 2170. The van der Waals surface area contributed by atoms with Crippen molar-refractivity contribution >= 4 is 48.4 Å². The third-order valence-corrected chi connectivity index (χ3v) is 15.8. The molecule has 0 bridgehead atoms. The van der Waals surface area contributed by atoms with Gasteiger partial charge in [-0.1, -0.05) is 39.5 Å². The van der Waals surface area contributed by atoms with E-state index in [1.54, 1.807) is 6.07 Å². The van der Waals surface area contributed by atoms with E-state index >= 15 is 0 Å². The van der Waals surface area contributed by atoms with E-state index in [0.29, 0.717) is 30.9 Å². The highest BCUT2D eigenvalue weighted by atomic mass is 28.4. The number of phenolic OH excluding ortho intramolecular Hbond substituents is 1. The highest BCUT2D eigenvalue weighted by Crippen LogP contribution is 2.45. The zero-order valence-corrected chi connectivity index (χ0v) is 36.5. The first kappa shape index (κ1) is 43.4. The molecule has 0 spiro atoms. The quantitative estimate of drug-likeness (QED) is 0.0306. The first-order chi connectivity index (χ1) is 28.3. The number of amides is 3. The molecule has 0 saturated carbocycles. The molecule has 1 atom stereocenters. The lowest BCUT2D eigenvalue weighted by Gasteiger charge is -2.40. The summed E-state index contributed by atoms with van der Waals surface area (Å²) in [4.78, 5) is 30.1. The number of carbonyl (C=O) groups is 2. The summed E-state index contributed by atoms with van der Waals surface area (Å²) in [7, 11) is -2.20. The number of urea groups is 1. The molecule has 6 N–H and O–H groups in total. The van der Waals surface area contributed by atoms with Gasteiger partial charge in [-0.15, -0.1) is 0 Å². The zero-order valence-electron chi connectivity index (χ0n) is 35.5. The van der Waals surface area contributed by atoms with Crippen LogP contribution >= 0.6 is 0 Å². The summed E-state index contributed by atoms with van der Waals surface area (Å²) in [6.45, 7) is 18.8. The zero-order chi connectivity index (χ0) is 42.2. The van der Waals surface area contributed by atoms with Crippen molar-refractivity contribution in [2.75, 3.05) is 48.9 Å². The number of aryl methyl sites for hydroxylation is 2. The van der Waals surface area contributed by atoms with Crippen molar-refractivity contribution in [3.8, 4) is 23.3 Å². The standard InChI is InChI=1S/C44H60N8O6Si/c1-8-35-33(39(48-31-20-23-56-24-21-31)34-26-47-52(9-2)42(34)50-35)25-46-43(55)49-30-16-14-29(15-17-30)13-11-10-12-22-45-27-37(58-59(6,7)44(3,4)5)32-18-19-36(53)40-41(32)57-28-38(54)51-40/h14-19,26,31,37,45,53H,8-10,12,20-25,27-28H2,1-7H3,(H,48,50)(H,51,54)(H2,46,49,55). The van der Waals surface area contributed by atoms with E-state index in [4.69, 9.17) is 18.9 Å². The highest BCUT2D eigenvalue weighted by molar-refractivity contribution is 6.74. The predicted octanol–water partition coefficient (Wildman–Crippen LogP) is 7.45. The van der Waals surface area contributed by atoms with Crippen molar-refractivity contribution < 1.29 is 28.6 Å². The molecule has 15 heteroatoms. The molecule has 0 radical (unpaired) electrons. The summed E-state index contributed by atoms with van der Waals surface area (Å²) < 4.78 is 20.2. The van der Waals surface area contributed by atoms with Crippen LogP contribution in [0.3, 0.4) is 0 Å². The number of nitrogens with one attached hydrogen (secondary N) is 5. The average molecular weight is 825 g/mol. The molecule has 316 valence electrons. The van der Waals surface area contributed by atoms with Gasteiger partial charge >= 0.3 is 6.03 Å². The largest absolute Gasteiger partial charge is 0.506 e. The minimum Gasteiger partial charge on any atom is -0.506 e. The number of pyridine rings is 1. The molecule has 2 aliphatic rings. The molecule has 14 nitrogen and oxygen atoms in total. The topological polar surface area (TPSA) is 173 Å². The van der Waals surface area contributed by atoms with E-state index in [1.165, 1.54) is 0 Å². The number of aromatic hydroxyl groups is 1. The maximum Gasteiger partial charge on any atom is 0.319 e. The Morgan fingerprint density at radius 2 is 1.90 bits per heavy atom. The van der Waals surface area contributed by atoms with E-state index in [-0.39, 0.29) is 47.2 Å². The first-order valence-electron chi connectivity index (χ1n) is 20.8. The smallest absolute Gasteiger partial charge is 0.319 e. The summed E-state index contributed by atoms with van der Waals surface area (Å²) in [6, 6.07) is 10.9. The van der Waals surface area contributed by atoms with Gasteiger partial charge in [-0.3, -0.25) is 4.79 Å². The number of rotatable bonds is 15. The third-order valence-electron chi connectivity index (χ3n) is 11.3. The number of phenols is 1. The van der Waals surface area contributed by atoms with E-state index < -0.39 is 8.32 Å². The molecule has 3 amide bonds. The second kappa shape index (κ2) is 19.3. The minimum atomic E-state index is -2.20. The van der Waals surface area contributed by atoms with Crippen LogP contribution in [0.5, 0.6) is 11.5 Å². The third kappa shape index (κ3) is 10.7. The normalized spacial score (nSPS) is 15.1. The lowest BCUT2D eigenvalue weighted by atomic mass is 10.0. The molecule has 0 aliphatic carbocycles. The molecule has 2 aromatic heterocycles. The molecule has 4 heterocycles. The predicted molar refractivity (Wildman–Crippen MR) is 235 cm³/mol. The van der Waals surface area contributed by atoms with Crippen LogP contribution in [0, 0.1) is 11.8 Å². The van der Waals surface area contributed by atoms with Crippen LogP contribution in [0.4, 0.5) is 21.9 Å².